The number of carbonyl (C=O) groups is 1. The molecular weight excluding hydrogens is 340 g/mol. The van der Waals surface area contributed by atoms with Gasteiger partial charge in [0.25, 0.3) is 0 Å². The number of amides is 1. The quantitative estimate of drug-likeness (QED) is 0.715. The molecule has 3 nitrogen and oxygen atoms in total. The molecule has 22 heavy (non-hydrogen) atoms. The van der Waals surface area contributed by atoms with Gasteiger partial charge in [0.2, 0.25) is 5.91 Å². The number of anilines is 2. The van der Waals surface area contributed by atoms with Gasteiger partial charge in [-0.25, -0.2) is 0 Å². The minimum Gasteiger partial charge on any atom is -0.375 e. The molecule has 0 bridgehead atoms. The Hall–Kier alpha value is -2.33. The molecule has 0 aliphatic rings. The Bertz CT molecular complexity index is 817. The van der Waals surface area contributed by atoms with E-state index in [4.69, 9.17) is 0 Å². The Kier molecular flexibility index (Phi) is 4.39. The summed E-state index contributed by atoms with van der Waals surface area (Å²) >= 11 is 3.45. The number of nitrogens with one attached hydrogen (secondary N) is 2. The van der Waals surface area contributed by atoms with Crippen molar-refractivity contribution in [2.75, 3.05) is 17.2 Å². The van der Waals surface area contributed by atoms with Crippen molar-refractivity contribution in [2.45, 2.75) is 0 Å². The predicted octanol–water partition coefficient (Wildman–Crippen LogP) is 4.65. The van der Waals surface area contributed by atoms with Crippen LogP contribution in [0.15, 0.2) is 71.2 Å². The second-order valence-electron chi connectivity index (χ2n) is 4.94. The van der Waals surface area contributed by atoms with Crippen LogP contribution in [0.2, 0.25) is 0 Å². The number of rotatable bonds is 4. The maximum atomic E-state index is 12.0. The van der Waals surface area contributed by atoms with Gasteiger partial charge in [0.05, 0.1) is 6.54 Å². The number of fused-ring (bicyclic) bond motifs is 1. The second kappa shape index (κ2) is 6.62. The first-order valence-corrected chi connectivity index (χ1v) is 7.79. The molecule has 1 amide bonds. The molecule has 0 spiro atoms. The van der Waals surface area contributed by atoms with Crippen molar-refractivity contribution in [2.24, 2.45) is 0 Å². The zero-order chi connectivity index (χ0) is 15.4. The van der Waals surface area contributed by atoms with Crippen LogP contribution in [0.1, 0.15) is 0 Å². The highest BCUT2D eigenvalue weighted by Gasteiger charge is 2.04. The molecule has 0 aromatic heterocycles. The van der Waals surface area contributed by atoms with Crippen molar-refractivity contribution in [3.63, 3.8) is 0 Å². The molecule has 0 saturated heterocycles. The van der Waals surface area contributed by atoms with Crippen LogP contribution in [0.25, 0.3) is 10.8 Å². The van der Waals surface area contributed by atoms with E-state index in [1.54, 1.807) is 0 Å². The van der Waals surface area contributed by atoms with Gasteiger partial charge in [0.1, 0.15) is 0 Å². The lowest BCUT2D eigenvalue weighted by Crippen LogP contribution is -2.21. The summed E-state index contributed by atoms with van der Waals surface area (Å²) in [5.74, 6) is -0.0777. The van der Waals surface area contributed by atoms with Crippen molar-refractivity contribution in [3.8, 4) is 0 Å². The Morgan fingerprint density at radius 1 is 0.909 bits per heavy atom. The van der Waals surface area contributed by atoms with Crippen LogP contribution in [0.3, 0.4) is 0 Å². The highest BCUT2D eigenvalue weighted by Crippen LogP contribution is 2.21. The molecule has 0 aliphatic heterocycles. The van der Waals surface area contributed by atoms with Gasteiger partial charge < -0.3 is 10.6 Å². The van der Waals surface area contributed by atoms with E-state index < -0.39 is 0 Å². The standard InChI is InChI=1S/C18H15BrN2O/c19-16-7-3-4-8-17(16)20-12-18(22)21-15-10-9-13-5-1-2-6-14(13)11-15/h1-11,20H,12H2,(H,21,22). The number of hydrogen-bond donors (Lipinski definition) is 2. The molecule has 0 radical (unpaired) electrons. The summed E-state index contributed by atoms with van der Waals surface area (Å²) in [7, 11) is 0. The van der Waals surface area contributed by atoms with E-state index in [2.05, 4.69) is 32.6 Å². The molecule has 3 aromatic carbocycles. The lowest BCUT2D eigenvalue weighted by molar-refractivity contribution is -0.114. The molecule has 3 aromatic rings. The Balaban J connectivity index is 1.64. The fraction of sp³-hybridized carbons (Fsp3) is 0.0556. The van der Waals surface area contributed by atoms with Crippen LogP contribution in [0, 0.1) is 0 Å². The molecule has 110 valence electrons. The van der Waals surface area contributed by atoms with Crippen molar-refractivity contribution in [3.05, 3.63) is 71.2 Å². The minimum absolute atomic E-state index is 0.0777. The number of hydrogen-bond acceptors (Lipinski definition) is 2. The number of benzene rings is 3. The van der Waals surface area contributed by atoms with Crippen molar-refractivity contribution < 1.29 is 4.79 Å². The first-order valence-electron chi connectivity index (χ1n) is 6.99. The zero-order valence-electron chi connectivity index (χ0n) is 11.8. The van der Waals surface area contributed by atoms with E-state index in [1.165, 1.54) is 0 Å². The van der Waals surface area contributed by atoms with Gasteiger partial charge >= 0.3 is 0 Å². The van der Waals surface area contributed by atoms with E-state index >= 15 is 0 Å². The van der Waals surface area contributed by atoms with Crippen molar-refractivity contribution >= 4 is 44.0 Å². The first kappa shape index (κ1) is 14.6. The number of para-hydroxylation sites is 1. The van der Waals surface area contributed by atoms with E-state index in [-0.39, 0.29) is 12.5 Å². The molecule has 0 heterocycles. The highest BCUT2D eigenvalue weighted by atomic mass is 79.9. The molecule has 0 saturated carbocycles. The van der Waals surface area contributed by atoms with Gasteiger partial charge in [0, 0.05) is 15.8 Å². The van der Waals surface area contributed by atoms with Crippen LogP contribution in [-0.4, -0.2) is 12.5 Å². The fourth-order valence-corrected chi connectivity index (χ4v) is 2.68. The molecule has 2 N–H and O–H groups in total. The summed E-state index contributed by atoms with van der Waals surface area (Å²) in [6.07, 6.45) is 0. The van der Waals surface area contributed by atoms with E-state index in [0.29, 0.717) is 0 Å². The molecule has 3 rings (SSSR count). The molecular formula is C18H15BrN2O. The third-order valence-corrected chi connectivity index (χ3v) is 4.04. The topological polar surface area (TPSA) is 41.1 Å². The summed E-state index contributed by atoms with van der Waals surface area (Å²) in [5, 5.41) is 8.29. The highest BCUT2D eigenvalue weighted by molar-refractivity contribution is 9.10. The summed E-state index contributed by atoms with van der Waals surface area (Å²) in [6, 6.07) is 21.7. The zero-order valence-corrected chi connectivity index (χ0v) is 13.4. The molecule has 4 heteroatoms. The average Bonchev–Trinajstić information content (AvgIpc) is 2.54. The minimum atomic E-state index is -0.0777. The maximum absolute atomic E-state index is 12.0. The second-order valence-corrected chi connectivity index (χ2v) is 5.80. The van der Waals surface area contributed by atoms with Gasteiger partial charge in [-0.1, -0.05) is 42.5 Å². The monoisotopic (exact) mass is 354 g/mol. The summed E-state index contributed by atoms with van der Waals surface area (Å²) in [6.45, 7) is 0.218. The van der Waals surface area contributed by atoms with Gasteiger partial charge in [0.15, 0.2) is 0 Å². The molecule has 0 atom stereocenters. The van der Waals surface area contributed by atoms with E-state index in [9.17, 15) is 4.79 Å². The Morgan fingerprint density at radius 2 is 1.64 bits per heavy atom. The van der Waals surface area contributed by atoms with E-state index in [0.717, 1.165) is 26.6 Å². The maximum Gasteiger partial charge on any atom is 0.243 e. The van der Waals surface area contributed by atoms with Crippen molar-refractivity contribution in [1.29, 1.82) is 0 Å². The number of halogens is 1. The number of carbonyl (C=O) groups excluding carboxylic acids is 1. The van der Waals surface area contributed by atoms with Crippen molar-refractivity contribution in [1.82, 2.24) is 0 Å². The van der Waals surface area contributed by atoms with Crippen LogP contribution in [-0.2, 0) is 4.79 Å². The molecule has 0 unspecified atom stereocenters. The van der Waals surface area contributed by atoms with Gasteiger partial charge in [-0.15, -0.1) is 0 Å². The van der Waals surface area contributed by atoms with Gasteiger partial charge in [-0.05, 0) is 51.0 Å². The van der Waals surface area contributed by atoms with Crippen LogP contribution in [0.5, 0.6) is 0 Å². The third kappa shape index (κ3) is 3.46. The Morgan fingerprint density at radius 3 is 2.45 bits per heavy atom. The summed E-state index contributed by atoms with van der Waals surface area (Å²) < 4.78 is 0.938. The smallest absolute Gasteiger partial charge is 0.243 e. The average molecular weight is 355 g/mol. The summed E-state index contributed by atoms with van der Waals surface area (Å²) in [5.41, 5.74) is 1.70. The Labute approximate surface area is 137 Å². The van der Waals surface area contributed by atoms with Crippen LogP contribution in [0.4, 0.5) is 11.4 Å². The lowest BCUT2D eigenvalue weighted by Gasteiger charge is -2.09. The lowest BCUT2D eigenvalue weighted by atomic mass is 10.1. The van der Waals surface area contributed by atoms with Gasteiger partial charge in [-0.3, -0.25) is 4.79 Å². The first-order chi connectivity index (χ1) is 10.7. The molecule has 0 fully saturated rings. The molecule has 0 aliphatic carbocycles. The summed E-state index contributed by atoms with van der Waals surface area (Å²) in [4.78, 5) is 12.0. The van der Waals surface area contributed by atoms with E-state index in [1.807, 2.05) is 60.7 Å². The third-order valence-electron chi connectivity index (χ3n) is 3.35. The normalized spacial score (nSPS) is 10.4. The SMILES string of the molecule is O=C(CNc1ccccc1Br)Nc1ccc2ccccc2c1. The van der Waals surface area contributed by atoms with Crippen LogP contribution < -0.4 is 10.6 Å². The van der Waals surface area contributed by atoms with Crippen LogP contribution >= 0.6 is 15.9 Å². The fourth-order valence-electron chi connectivity index (χ4n) is 2.25. The van der Waals surface area contributed by atoms with Gasteiger partial charge in [-0.2, -0.15) is 0 Å². The predicted molar refractivity (Wildman–Crippen MR) is 95.2 cm³/mol. The largest absolute Gasteiger partial charge is 0.375 e.